The molecule has 1 atom stereocenters. The van der Waals surface area contributed by atoms with Crippen molar-refractivity contribution >= 4 is 50.3 Å². The average molecular weight is 588 g/mol. The molecule has 0 N–H and O–H groups in total. The van der Waals surface area contributed by atoms with E-state index in [-0.39, 0.29) is 18.1 Å². The van der Waals surface area contributed by atoms with Crippen molar-refractivity contribution in [2.45, 2.75) is 19.6 Å². The van der Waals surface area contributed by atoms with Gasteiger partial charge in [0.1, 0.15) is 5.01 Å². The van der Waals surface area contributed by atoms with E-state index < -0.39 is 18.2 Å². The van der Waals surface area contributed by atoms with Gasteiger partial charge in [-0.05, 0) is 48.9 Å². The predicted molar refractivity (Wildman–Crippen MR) is 157 cm³/mol. The van der Waals surface area contributed by atoms with Crippen LogP contribution in [0.1, 0.15) is 21.5 Å². The maximum absolute atomic E-state index is 15.1. The molecule has 214 valence electrons. The van der Waals surface area contributed by atoms with Crippen molar-refractivity contribution in [2.75, 3.05) is 33.2 Å². The fourth-order valence-corrected chi connectivity index (χ4v) is 5.92. The number of methoxy groups -OCH3 is 1. The van der Waals surface area contributed by atoms with Crippen molar-refractivity contribution in [1.82, 2.24) is 19.9 Å². The van der Waals surface area contributed by atoms with Gasteiger partial charge in [0.25, 0.3) is 12.2 Å². The molecular formula is C30H26FN5O5S. The second-order valence-corrected chi connectivity index (χ2v) is 11.1. The maximum Gasteiger partial charge on any atom is 0.417 e. The summed E-state index contributed by atoms with van der Waals surface area (Å²) in [4.78, 5) is 41.6. The molecule has 0 fully saturated rings. The quantitative estimate of drug-likeness (QED) is 0.262. The van der Waals surface area contributed by atoms with Gasteiger partial charge in [0, 0.05) is 49.6 Å². The van der Waals surface area contributed by atoms with Crippen LogP contribution in [0.5, 0.6) is 11.6 Å². The maximum atomic E-state index is 15.1. The zero-order valence-corrected chi connectivity index (χ0v) is 24.3. The zero-order valence-electron chi connectivity index (χ0n) is 23.5. The Morgan fingerprint density at radius 2 is 1.83 bits per heavy atom. The van der Waals surface area contributed by atoms with Crippen LogP contribution in [0.4, 0.5) is 14.9 Å². The van der Waals surface area contributed by atoms with Crippen LogP contribution in [0.25, 0.3) is 31.8 Å². The number of amides is 2. The first-order chi connectivity index (χ1) is 20.1. The third-order valence-corrected chi connectivity index (χ3v) is 8.09. The highest BCUT2D eigenvalue weighted by Crippen LogP contribution is 2.43. The van der Waals surface area contributed by atoms with Crippen LogP contribution < -0.4 is 14.4 Å². The number of hydrogen-bond acceptors (Lipinski definition) is 9. The van der Waals surface area contributed by atoms with E-state index in [9.17, 15) is 9.59 Å². The molecule has 3 aromatic carbocycles. The number of carbonyl (C=O) groups excluding carboxylic acids is 2. The van der Waals surface area contributed by atoms with Crippen molar-refractivity contribution in [3.8, 4) is 22.2 Å². The molecule has 0 saturated carbocycles. The molecular weight excluding hydrogens is 561 g/mol. The van der Waals surface area contributed by atoms with Gasteiger partial charge in [0.15, 0.2) is 11.6 Å². The predicted octanol–water partition coefficient (Wildman–Crippen LogP) is 5.60. The Kier molecular flexibility index (Phi) is 6.85. The van der Waals surface area contributed by atoms with Gasteiger partial charge in [-0.1, -0.05) is 0 Å². The van der Waals surface area contributed by atoms with E-state index in [0.29, 0.717) is 44.3 Å². The number of nitrogens with zero attached hydrogens (tertiary/aromatic N) is 5. The van der Waals surface area contributed by atoms with Crippen LogP contribution in [0.2, 0.25) is 0 Å². The highest BCUT2D eigenvalue weighted by molar-refractivity contribution is 7.22. The molecule has 1 aliphatic heterocycles. The zero-order chi connectivity index (χ0) is 29.7. The summed E-state index contributed by atoms with van der Waals surface area (Å²) in [5, 5.41) is 0.655. The molecule has 5 aromatic rings. The summed E-state index contributed by atoms with van der Waals surface area (Å²) in [6.45, 7) is 1.95. The fourth-order valence-electron chi connectivity index (χ4n) is 4.80. The van der Waals surface area contributed by atoms with Gasteiger partial charge in [0.2, 0.25) is 5.88 Å². The lowest BCUT2D eigenvalue weighted by molar-refractivity contribution is -0.0144. The molecule has 0 saturated heterocycles. The summed E-state index contributed by atoms with van der Waals surface area (Å²) in [6.07, 6.45) is 0.00897. The number of thiazole rings is 1. The van der Waals surface area contributed by atoms with E-state index in [4.69, 9.17) is 19.2 Å². The Bertz CT molecular complexity index is 1870. The lowest BCUT2D eigenvalue weighted by Gasteiger charge is -2.20. The summed E-state index contributed by atoms with van der Waals surface area (Å²) >= 11 is 1.39. The molecule has 2 amide bonds. The van der Waals surface area contributed by atoms with Crippen molar-refractivity contribution in [1.29, 1.82) is 0 Å². The molecule has 10 nitrogen and oxygen atoms in total. The molecule has 6 rings (SSSR count). The molecule has 42 heavy (non-hydrogen) atoms. The van der Waals surface area contributed by atoms with Gasteiger partial charge in [0.05, 0.1) is 41.0 Å². The SMILES string of the molecule is COc1cnc2c(-c3nc4cc(F)c5c(c4s3)C[C@@H](OC(=O)N(C)c3ccc(C(=O)N(C)C)cc3)O5)cc(C)cc2n1. The first-order valence-electron chi connectivity index (χ1n) is 13.0. The molecule has 2 aromatic heterocycles. The van der Waals surface area contributed by atoms with Crippen LogP contribution in [0.15, 0.2) is 48.7 Å². The number of aromatic nitrogens is 3. The molecule has 12 heteroatoms. The number of halogens is 1. The van der Waals surface area contributed by atoms with Gasteiger partial charge in [-0.3, -0.25) is 9.69 Å². The number of fused-ring (bicyclic) bond motifs is 4. The molecule has 0 bridgehead atoms. The number of rotatable bonds is 5. The van der Waals surface area contributed by atoms with Crippen molar-refractivity contribution < 1.29 is 28.2 Å². The minimum atomic E-state index is -1.02. The van der Waals surface area contributed by atoms with Gasteiger partial charge in [-0.25, -0.2) is 24.1 Å². The van der Waals surface area contributed by atoms with E-state index in [1.807, 2.05) is 19.1 Å². The van der Waals surface area contributed by atoms with Crippen LogP contribution in [0.3, 0.4) is 0 Å². The lowest BCUT2D eigenvalue weighted by Crippen LogP contribution is -2.33. The molecule has 3 heterocycles. The van der Waals surface area contributed by atoms with Gasteiger partial charge >= 0.3 is 6.09 Å². The standard InChI is InChI=1S/C30H26FN5O5S/c1-15-10-18(25-21(11-15)33-23(39-5)14-32-25)28-34-22-13-20(31)26-19(27(22)42-28)12-24(40-26)41-30(38)36(4)17-8-6-16(7-9-17)29(37)35(2)3/h6-11,13-14,24H,12H2,1-5H3/t24-/m1/s1. The first kappa shape index (κ1) is 27.3. The summed E-state index contributed by atoms with van der Waals surface area (Å²) in [5.41, 5.74) is 5.15. The number of ether oxygens (including phenoxy) is 3. The van der Waals surface area contributed by atoms with Gasteiger partial charge in [-0.15, -0.1) is 11.3 Å². The van der Waals surface area contributed by atoms with E-state index in [0.717, 1.165) is 15.8 Å². The average Bonchev–Trinajstić information content (AvgIpc) is 3.60. The number of carbonyl (C=O) groups is 2. The summed E-state index contributed by atoms with van der Waals surface area (Å²) < 4.78 is 32.5. The van der Waals surface area contributed by atoms with Crippen LogP contribution in [-0.4, -0.2) is 66.4 Å². The van der Waals surface area contributed by atoms with E-state index in [2.05, 4.69) is 9.97 Å². The van der Waals surface area contributed by atoms with Crippen molar-refractivity contribution in [2.24, 2.45) is 0 Å². The number of aryl methyl sites for hydroxylation is 1. The number of hydrogen-bond donors (Lipinski definition) is 0. The number of benzene rings is 3. The fraction of sp³-hybridized carbons (Fsp3) is 0.233. The lowest BCUT2D eigenvalue weighted by atomic mass is 10.1. The van der Waals surface area contributed by atoms with Crippen LogP contribution in [0, 0.1) is 12.7 Å². The Labute approximate surface area is 244 Å². The van der Waals surface area contributed by atoms with Gasteiger partial charge in [-0.2, -0.15) is 0 Å². The molecule has 0 radical (unpaired) electrons. The first-order valence-corrected chi connectivity index (χ1v) is 13.8. The summed E-state index contributed by atoms with van der Waals surface area (Å²) in [7, 11) is 6.42. The Morgan fingerprint density at radius 1 is 1.07 bits per heavy atom. The molecule has 0 spiro atoms. The summed E-state index contributed by atoms with van der Waals surface area (Å²) in [5.74, 6) is -0.278. The number of anilines is 1. The Morgan fingerprint density at radius 3 is 2.55 bits per heavy atom. The van der Waals surface area contributed by atoms with E-state index in [1.165, 1.54) is 34.3 Å². The molecule has 0 aliphatic carbocycles. The van der Waals surface area contributed by atoms with Crippen molar-refractivity contribution in [3.05, 3.63) is 71.2 Å². The topological polar surface area (TPSA) is 107 Å². The largest absolute Gasteiger partial charge is 0.480 e. The minimum Gasteiger partial charge on any atom is -0.480 e. The van der Waals surface area contributed by atoms with E-state index >= 15 is 4.39 Å². The normalized spacial score (nSPS) is 14.0. The minimum absolute atomic E-state index is 0.0448. The Hall–Kier alpha value is -4.84. The second-order valence-electron chi connectivity index (χ2n) is 10.1. The smallest absolute Gasteiger partial charge is 0.417 e. The summed E-state index contributed by atoms with van der Waals surface area (Å²) in [6, 6.07) is 11.8. The highest BCUT2D eigenvalue weighted by atomic mass is 32.1. The third kappa shape index (κ3) is 4.83. The second kappa shape index (κ2) is 10.5. The van der Waals surface area contributed by atoms with Crippen LogP contribution >= 0.6 is 11.3 Å². The molecule has 1 aliphatic rings. The Balaban J connectivity index is 1.25. The van der Waals surface area contributed by atoms with E-state index in [1.54, 1.807) is 51.6 Å². The van der Waals surface area contributed by atoms with Crippen LogP contribution in [-0.2, 0) is 11.2 Å². The third-order valence-electron chi connectivity index (χ3n) is 6.92. The monoisotopic (exact) mass is 587 g/mol. The highest BCUT2D eigenvalue weighted by Gasteiger charge is 2.33. The van der Waals surface area contributed by atoms with Crippen molar-refractivity contribution in [3.63, 3.8) is 0 Å². The van der Waals surface area contributed by atoms with Gasteiger partial charge < -0.3 is 19.1 Å². The molecule has 0 unspecified atom stereocenters.